The lowest BCUT2D eigenvalue weighted by atomic mass is 10.1. The number of ether oxygens (including phenoxy) is 1. The number of carbonyl (C=O) groups excluding carboxylic acids is 2. The van der Waals surface area contributed by atoms with Crippen molar-refractivity contribution >= 4 is 12.2 Å². The van der Waals surface area contributed by atoms with Crippen LogP contribution in [0.2, 0.25) is 0 Å². The highest BCUT2D eigenvalue weighted by Crippen LogP contribution is 2.18. The second-order valence-electron chi connectivity index (χ2n) is 3.11. The molecule has 0 saturated carbocycles. The molecule has 1 aromatic rings. The minimum absolute atomic E-state index is 0.265. The maximum absolute atomic E-state index is 11.0. The van der Waals surface area contributed by atoms with Crippen molar-refractivity contribution in [3.8, 4) is 5.75 Å². The Labute approximate surface area is 93.9 Å². The summed E-state index contributed by atoms with van der Waals surface area (Å²) in [7, 11) is 1.54. The van der Waals surface area contributed by atoms with Crippen molar-refractivity contribution in [1.82, 2.24) is 5.32 Å². The molecule has 1 rings (SSSR count). The Morgan fingerprint density at radius 1 is 1.56 bits per heavy atom. The highest BCUT2D eigenvalue weighted by molar-refractivity contribution is 5.86. The quantitative estimate of drug-likeness (QED) is 0.600. The average Bonchev–Trinajstić information content (AvgIpc) is 2.35. The first-order chi connectivity index (χ1) is 7.71. The van der Waals surface area contributed by atoms with E-state index in [0.29, 0.717) is 17.9 Å². The van der Waals surface area contributed by atoms with Gasteiger partial charge in [0, 0.05) is 17.7 Å². The zero-order valence-corrected chi connectivity index (χ0v) is 9.03. The van der Waals surface area contributed by atoms with Gasteiger partial charge in [0.2, 0.25) is 5.91 Å². The first kappa shape index (κ1) is 12.0. The zero-order chi connectivity index (χ0) is 12.0. The third kappa shape index (κ3) is 2.95. The standard InChI is InChI=1S/C12H13NO3/c1-3-12(15)13-7-10-6-9(8-14)4-5-11(10)16-2/h3-6,8H,1,7H2,2H3,(H,13,15). The van der Waals surface area contributed by atoms with Gasteiger partial charge in [-0.1, -0.05) is 6.58 Å². The fourth-order valence-electron chi connectivity index (χ4n) is 1.26. The molecular formula is C12H13NO3. The molecule has 0 bridgehead atoms. The molecule has 1 amide bonds. The Morgan fingerprint density at radius 2 is 2.31 bits per heavy atom. The summed E-state index contributed by atoms with van der Waals surface area (Å²) >= 11 is 0. The van der Waals surface area contributed by atoms with Crippen LogP contribution in [0.25, 0.3) is 0 Å². The second-order valence-corrected chi connectivity index (χ2v) is 3.11. The Bertz CT molecular complexity index is 413. The molecule has 16 heavy (non-hydrogen) atoms. The predicted molar refractivity (Wildman–Crippen MR) is 60.4 cm³/mol. The number of nitrogens with one attached hydrogen (secondary N) is 1. The lowest BCUT2D eigenvalue weighted by Crippen LogP contribution is -2.20. The van der Waals surface area contributed by atoms with E-state index < -0.39 is 0 Å². The SMILES string of the molecule is C=CC(=O)NCc1cc(C=O)ccc1OC. The van der Waals surface area contributed by atoms with Crippen LogP contribution in [-0.2, 0) is 11.3 Å². The van der Waals surface area contributed by atoms with Gasteiger partial charge < -0.3 is 10.1 Å². The number of hydrogen-bond donors (Lipinski definition) is 1. The van der Waals surface area contributed by atoms with Crippen LogP contribution in [0.1, 0.15) is 15.9 Å². The van der Waals surface area contributed by atoms with E-state index in [9.17, 15) is 9.59 Å². The summed E-state index contributed by atoms with van der Waals surface area (Å²) < 4.78 is 5.12. The summed E-state index contributed by atoms with van der Waals surface area (Å²) in [4.78, 5) is 21.6. The molecular weight excluding hydrogens is 206 g/mol. The molecule has 0 aliphatic rings. The Morgan fingerprint density at radius 3 is 2.88 bits per heavy atom. The number of hydrogen-bond acceptors (Lipinski definition) is 3. The van der Waals surface area contributed by atoms with Gasteiger partial charge in [-0.3, -0.25) is 9.59 Å². The average molecular weight is 219 g/mol. The molecule has 0 unspecified atom stereocenters. The Balaban J connectivity index is 2.86. The molecule has 1 aromatic carbocycles. The van der Waals surface area contributed by atoms with Gasteiger partial charge in [0.25, 0.3) is 0 Å². The van der Waals surface area contributed by atoms with Gasteiger partial charge in [-0.15, -0.1) is 0 Å². The first-order valence-electron chi connectivity index (χ1n) is 4.73. The third-order valence-electron chi connectivity index (χ3n) is 2.08. The molecule has 0 aromatic heterocycles. The van der Waals surface area contributed by atoms with Gasteiger partial charge in [-0.2, -0.15) is 0 Å². The molecule has 1 N–H and O–H groups in total. The number of amides is 1. The summed E-state index contributed by atoms with van der Waals surface area (Å²) in [6.07, 6.45) is 1.94. The topological polar surface area (TPSA) is 55.4 Å². The van der Waals surface area contributed by atoms with Gasteiger partial charge >= 0.3 is 0 Å². The molecule has 0 aliphatic heterocycles. The third-order valence-corrected chi connectivity index (χ3v) is 2.08. The predicted octanol–water partition coefficient (Wildman–Crippen LogP) is 1.31. The molecule has 84 valence electrons. The van der Waals surface area contributed by atoms with Gasteiger partial charge in [-0.25, -0.2) is 0 Å². The number of methoxy groups -OCH3 is 1. The van der Waals surface area contributed by atoms with E-state index in [4.69, 9.17) is 4.74 Å². The fraction of sp³-hybridized carbons (Fsp3) is 0.167. The molecule has 0 atom stereocenters. The minimum Gasteiger partial charge on any atom is -0.496 e. The number of rotatable bonds is 5. The van der Waals surface area contributed by atoms with Crippen LogP contribution in [0.15, 0.2) is 30.9 Å². The highest BCUT2D eigenvalue weighted by atomic mass is 16.5. The van der Waals surface area contributed by atoms with Crippen molar-refractivity contribution in [3.05, 3.63) is 42.0 Å². The van der Waals surface area contributed by atoms with Crippen molar-refractivity contribution < 1.29 is 14.3 Å². The maximum Gasteiger partial charge on any atom is 0.243 e. The van der Waals surface area contributed by atoms with E-state index in [1.54, 1.807) is 18.2 Å². The van der Waals surface area contributed by atoms with Crippen LogP contribution >= 0.6 is 0 Å². The van der Waals surface area contributed by atoms with Crippen LogP contribution in [0.4, 0.5) is 0 Å². The highest BCUT2D eigenvalue weighted by Gasteiger charge is 2.05. The van der Waals surface area contributed by atoms with E-state index in [1.165, 1.54) is 13.2 Å². The normalized spacial score (nSPS) is 9.31. The van der Waals surface area contributed by atoms with E-state index in [2.05, 4.69) is 11.9 Å². The summed E-state index contributed by atoms with van der Waals surface area (Å²) in [6, 6.07) is 5.03. The lowest BCUT2D eigenvalue weighted by Gasteiger charge is -2.09. The number of benzene rings is 1. The number of carbonyl (C=O) groups is 2. The minimum atomic E-state index is -0.265. The van der Waals surface area contributed by atoms with Gasteiger partial charge in [0.05, 0.1) is 7.11 Å². The van der Waals surface area contributed by atoms with Crippen LogP contribution in [0.3, 0.4) is 0 Å². The van der Waals surface area contributed by atoms with E-state index >= 15 is 0 Å². The van der Waals surface area contributed by atoms with E-state index in [0.717, 1.165) is 11.8 Å². The van der Waals surface area contributed by atoms with Crippen molar-refractivity contribution in [2.24, 2.45) is 0 Å². The van der Waals surface area contributed by atoms with E-state index in [1.807, 2.05) is 0 Å². The van der Waals surface area contributed by atoms with Crippen LogP contribution < -0.4 is 10.1 Å². The Hall–Kier alpha value is -2.10. The van der Waals surface area contributed by atoms with Crippen molar-refractivity contribution in [1.29, 1.82) is 0 Å². The summed E-state index contributed by atoms with van der Waals surface area (Å²) in [5.41, 5.74) is 1.30. The largest absolute Gasteiger partial charge is 0.496 e. The van der Waals surface area contributed by atoms with Crippen molar-refractivity contribution in [2.75, 3.05) is 7.11 Å². The van der Waals surface area contributed by atoms with E-state index in [-0.39, 0.29) is 5.91 Å². The molecule has 0 radical (unpaired) electrons. The van der Waals surface area contributed by atoms with Gasteiger partial charge in [0.15, 0.2) is 0 Å². The smallest absolute Gasteiger partial charge is 0.243 e. The molecule has 4 nitrogen and oxygen atoms in total. The van der Waals surface area contributed by atoms with Gasteiger partial charge in [-0.05, 0) is 24.3 Å². The Kier molecular flexibility index (Phi) is 4.27. The van der Waals surface area contributed by atoms with Gasteiger partial charge in [0.1, 0.15) is 12.0 Å². The zero-order valence-electron chi connectivity index (χ0n) is 9.03. The summed E-state index contributed by atoms with van der Waals surface area (Å²) in [5.74, 6) is 0.369. The van der Waals surface area contributed by atoms with Crippen LogP contribution in [0, 0.1) is 0 Å². The number of aldehydes is 1. The molecule has 0 aliphatic carbocycles. The molecule has 0 saturated heterocycles. The monoisotopic (exact) mass is 219 g/mol. The summed E-state index contributed by atoms with van der Waals surface area (Å²) in [6.45, 7) is 3.65. The molecule has 0 heterocycles. The maximum atomic E-state index is 11.0. The van der Waals surface area contributed by atoms with Crippen LogP contribution in [0.5, 0.6) is 5.75 Å². The lowest BCUT2D eigenvalue weighted by molar-refractivity contribution is -0.116. The first-order valence-corrected chi connectivity index (χ1v) is 4.73. The van der Waals surface area contributed by atoms with Crippen molar-refractivity contribution in [3.63, 3.8) is 0 Å². The van der Waals surface area contributed by atoms with Crippen molar-refractivity contribution in [2.45, 2.75) is 6.54 Å². The van der Waals surface area contributed by atoms with Crippen LogP contribution in [-0.4, -0.2) is 19.3 Å². The summed E-state index contributed by atoms with van der Waals surface area (Å²) in [5, 5.41) is 2.62. The molecule has 0 fully saturated rings. The molecule has 0 spiro atoms. The fourth-order valence-corrected chi connectivity index (χ4v) is 1.26. The second kappa shape index (κ2) is 5.70. The molecule has 4 heteroatoms.